The first-order valence-electron chi connectivity index (χ1n) is 13.6. The molecule has 0 unspecified atom stereocenters. The van der Waals surface area contributed by atoms with E-state index in [0.717, 1.165) is 65.7 Å². The van der Waals surface area contributed by atoms with E-state index < -0.39 is 0 Å². The number of hydrogen-bond donors (Lipinski definition) is 2. The lowest BCUT2D eigenvalue weighted by Crippen LogP contribution is -2.37. The number of carbonyl (C=O) groups excluding carboxylic acids is 1. The zero-order valence-electron chi connectivity index (χ0n) is 22.8. The maximum absolute atomic E-state index is 11.7. The van der Waals surface area contributed by atoms with Crippen molar-refractivity contribution in [1.82, 2.24) is 10.2 Å². The zero-order chi connectivity index (χ0) is 28.3. The minimum atomic E-state index is -0.0482. The third-order valence-corrected chi connectivity index (χ3v) is 8.14. The Labute approximate surface area is 246 Å². The van der Waals surface area contributed by atoms with Gasteiger partial charge in [0.1, 0.15) is 18.1 Å². The van der Waals surface area contributed by atoms with Crippen LogP contribution in [0.1, 0.15) is 47.9 Å². The minimum Gasteiger partial charge on any atom is -0.508 e. The molecule has 5 nitrogen and oxygen atoms in total. The van der Waals surface area contributed by atoms with Crippen molar-refractivity contribution in [1.29, 1.82) is 0 Å². The number of nitrogens with zero attached hydrogens (tertiary/aromatic N) is 1. The normalized spacial score (nSPS) is 16.0. The Morgan fingerprint density at radius 3 is 2.48 bits per heavy atom. The molecule has 0 heterocycles. The molecule has 0 saturated heterocycles. The van der Waals surface area contributed by atoms with Crippen molar-refractivity contribution in [2.45, 2.75) is 37.6 Å². The molecule has 3 aromatic rings. The van der Waals surface area contributed by atoms with Gasteiger partial charge in [0.25, 0.3) is 0 Å². The number of carbonyl (C=O) groups is 1. The lowest BCUT2D eigenvalue weighted by atomic mass is 9.88. The first-order chi connectivity index (χ1) is 19.2. The second-order valence-corrected chi connectivity index (χ2v) is 11.6. The van der Waals surface area contributed by atoms with Gasteiger partial charge in [0.2, 0.25) is 5.91 Å². The van der Waals surface area contributed by atoms with E-state index in [1.165, 1.54) is 5.57 Å². The fourth-order valence-electron chi connectivity index (χ4n) is 5.15. The Hall–Kier alpha value is -3.25. The summed E-state index contributed by atoms with van der Waals surface area (Å²) in [4.78, 5) is 13.3. The molecular weight excluding hydrogens is 543 g/mol. The SMILES string of the molecule is CN(C)C(=O)/C=C/CNC1(COc2ccc(C3=C(c4ccc(Cl)cc4Cl)CCCc4cc(O)ccc43)cc2)CC1. The van der Waals surface area contributed by atoms with Gasteiger partial charge >= 0.3 is 0 Å². The standard InChI is InChI=1S/C33H34Cl2N2O3/c1-37(2)31(39)7-4-18-36-33(16-17-33)21-40-26-12-8-22(9-13-26)32-27-15-11-25(38)19-23(27)5-3-6-29(32)28-14-10-24(34)20-30(28)35/h4,7-15,19-20,36,38H,3,5-6,16-18,21H2,1-2H3/b7-4+. The van der Waals surface area contributed by atoms with E-state index in [9.17, 15) is 9.90 Å². The highest BCUT2D eigenvalue weighted by Gasteiger charge is 2.42. The van der Waals surface area contributed by atoms with Crippen LogP contribution < -0.4 is 10.1 Å². The Morgan fingerprint density at radius 2 is 1.77 bits per heavy atom. The van der Waals surface area contributed by atoms with E-state index in [0.29, 0.717) is 23.2 Å². The van der Waals surface area contributed by atoms with Crippen molar-refractivity contribution in [3.05, 3.63) is 105 Å². The Balaban J connectivity index is 1.37. The average molecular weight is 578 g/mol. The third-order valence-electron chi connectivity index (χ3n) is 7.60. The average Bonchev–Trinajstić information content (AvgIpc) is 3.73. The van der Waals surface area contributed by atoms with E-state index in [4.69, 9.17) is 27.9 Å². The summed E-state index contributed by atoms with van der Waals surface area (Å²) in [5, 5.41) is 14.9. The Morgan fingerprint density at radius 1 is 1.02 bits per heavy atom. The number of rotatable bonds is 9. The summed E-state index contributed by atoms with van der Waals surface area (Å²) in [5.41, 5.74) is 6.50. The summed E-state index contributed by atoms with van der Waals surface area (Å²) in [7, 11) is 3.48. The molecule has 0 aromatic heterocycles. The maximum Gasteiger partial charge on any atom is 0.245 e. The molecule has 5 rings (SSSR count). The summed E-state index contributed by atoms with van der Waals surface area (Å²) in [5.74, 6) is 1.06. The monoisotopic (exact) mass is 576 g/mol. The van der Waals surface area contributed by atoms with Gasteiger partial charge < -0.3 is 20.1 Å². The smallest absolute Gasteiger partial charge is 0.245 e. The summed E-state index contributed by atoms with van der Waals surface area (Å²) in [6.07, 6.45) is 8.22. The molecule has 2 aliphatic carbocycles. The number of halogens is 2. The van der Waals surface area contributed by atoms with Crippen molar-refractivity contribution < 1.29 is 14.6 Å². The van der Waals surface area contributed by atoms with Crippen LogP contribution in [0.2, 0.25) is 10.0 Å². The van der Waals surface area contributed by atoms with Crippen molar-refractivity contribution in [3.8, 4) is 11.5 Å². The van der Waals surface area contributed by atoms with Gasteiger partial charge in [-0.25, -0.2) is 0 Å². The lowest BCUT2D eigenvalue weighted by Gasteiger charge is -2.19. The van der Waals surface area contributed by atoms with Crippen molar-refractivity contribution in [2.75, 3.05) is 27.2 Å². The van der Waals surface area contributed by atoms with Crippen LogP contribution in [0.3, 0.4) is 0 Å². The number of allylic oxidation sites excluding steroid dienone is 1. The molecule has 1 saturated carbocycles. The summed E-state index contributed by atoms with van der Waals surface area (Å²) >= 11 is 12.9. The number of ether oxygens (including phenoxy) is 1. The number of likely N-dealkylation sites (N-methyl/N-ethyl adjacent to an activating group) is 1. The molecule has 2 aliphatic rings. The predicted molar refractivity (Wildman–Crippen MR) is 163 cm³/mol. The molecule has 1 fully saturated rings. The lowest BCUT2D eigenvalue weighted by molar-refractivity contribution is -0.123. The maximum atomic E-state index is 11.7. The number of aromatic hydroxyl groups is 1. The number of benzene rings is 3. The van der Waals surface area contributed by atoms with Crippen LogP contribution in [0.4, 0.5) is 0 Å². The molecule has 3 aromatic carbocycles. The number of phenolic OH excluding ortho intramolecular Hbond substituents is 1. The molecule has 1 amide bonds. The van der Waals surface area contributed by atoms with E-state index >= 15 is 0 Å². The number of phenols is 1. The van der Waals surface area contributed by atoms with Crippen LogP contribution in [0.15, 0.2) is 72.8 Å². The summed E-state index contributed by atoms with van der Waals surface area (Å²) < 4.78 is 6.20. The predicted octanol–water partition coefficient (Wildman–Crippen LogP) is 7.14. The van der Waals surface area contributed by atoms with Gasteiger partial charge in [0, 0.05) is 36.8 Å². The third kappa shape index (κ3) is 6.55. The molecular formula is C33H34Cl2N2O3. The molecule has 7 heteroatoms. The molecule has 0 aliphatic heterocycles. The van der Waals surface area contributed by atoms with Gasteiger partial charge in [0.05, 0.1) is 5.54 Å². The van der Waals surface area contributed by atoms with Crippen LogP contribution in [-0.4, -0.2) is 48.7 Å². The van der Waals surface area contributed by atoms with Gasteiger partial charge in [-0.1, -0.05) is 53.5 Å². The number of aryl methyl sites for hydroxylation is 1. The van der Waals surface area contributed by atoms with Crippen LogP contribution >= 0.6 is 23.2 Å². The molecule has 0 atom stereocenters. The van der Waals surface area contributed by atoms with Crippen molar-refractivity contribution in [3.63, 3.8) is 0 Å². The highest BCUT2D eigenvalue weighted by Crippen LogP contribution is 2.43. The molecule has 208 valence electrons. The molecule has 0 spiro atoms. The minimum absolute atomic E-state index is 0.0207. The quantitative estimate of drug-likeness (QED) is 0.266. The molecule has 2 N–H and O–H groups in total. The zero-order valence-corrected chi connectivity index (χ0v) is 24.4. The molecule has 40 heavy (non-hydrogen) atoms. The number of fused-ring (bicyclic) bond motifs is 1. The molecule has 0 bridgehead atoms. The van der Waals surface area contributed by atoms with Gasteiger partial charge in [-0.3, -0.25) is 4.79 Å². The fourth-order valence-corrected chi connectivity index (χ4v) is 5.68. The van der Waals surface area contributed by atoms with E-state index in [1.807, 2.05) is 42.5 Å². The number of hydrogen-bond acceptors (Lipinski definition) is 4. The van der Waals surface area contributed by atoms with Crippen LogP contribution in [0.25, 0.3) is 11.1 Å². The largest absolute Gasteiger partial charge is 0.508 e. The van der Waals surface area contributed by atoms with E-state index in [-0.39, 0.29) is 17.2 Å². The highest BCUT2D eigenvalue weighted by molar-refractivity contribution is 6.36. The topological polar surface area (TPSA) is 61.8 Å². The number of amides is 1. The Bertz CT molecular complexity index is 1460. The van der Waals surface area contributed by atoms with Crippen molar-refractivity contribution >= 4 is 40.3 Å². The first kappa shape index (κ1) is 28.3. The summed E-state index contributed by atoms with van der Waals surface area (Å²) in [6, 6.07) is 19.5. The van der Waals surface area contributed by atoms with Crippen LogP contribution in [0.5, 0.6) is 11.5 Å². The summed E-state index contributed by atoms with van der Waals surface area (Å²) in [6.45, 7) is 1.19. The van der Waals surface area contributed by atoms with Crippen molar-refractivity contribution in [2.24, 2.45) is 0 Å². The van der Waals surface area contributed by atoms with Crippen LogP contribution in [-0.2, 0) is 11.2 Å². The van der Waals surface area contributed by atoms with E-state index in [1.54, 1.807) is 37.2 Å². The van der Waals surface area contributed by atoms with Gasteiger partial charge in [-0.05, 0) is 102 Å². The second kappa shape index (κ2) is 12.1. The van der Waals surface area contributed by atoms with E-state index in [2.05, 4.69) is 17.4 Å². The first-order valence-corrected chi connectivity index (χ1v) is 14.4. The fraction of sp³-hybridized carbons (Fsp3) is 0.303. The molecule has 0 radical (unpaired) electrons. The van der Waals surface area contributed by atoms with Gasteiger partial charge in [-0.15, -0.1) is 0 Å². The van der Waals surface area contributed by atoms with Crippen LogP contribution in [0, 0.1) is 0 Å². The highest BCUT2D eigenvalue weighted by atomic mass is 35.5. The second-order valence-electron chi connectivity index (χ2n) is 10.8. The van der Waals surface area contributed by atoms with Gasteiger partial charge in [0.15, 0.2) is 0 Å². The Kier molecular flexibility index (Phi) is 8.55. The number of nitrogens with one attached hydrogen (secondary N) is 1. The van der Waals surface area contributed by atoms with Gasteiger partial charge in [-0.2, -0.15) is 0 Å².